The van der Waals surface area contributed by atoms with E-state index in [1.165, 1.54) is 4.90 Å². The van der Waals surface area contributed by atoms with Crippen molar-refractivity contribution in [2.75, 3.05) is 0 Å². The summed E-state index contributed by atoms with van der Waals surface area (Å²) < 4.78 is 0. The molecule has 3 rings (SSSR count). The number of carboxylic acids is 1. The van der Waals surface area contributed by atoms with Crippen LogP contribution in [0.15, 0.2) is 12.2 Å². The van der Waals surface area contributed by atoms with E-state index >= 15 is 0 Å². The Morgan fingerprint density at radius 3 is 2.20 bits per heavy atom. The van der Waals surface area contributed by atoms with E-state index in [-0.39, 0.29) is 41.9 Å². The summed E-state index contributed by atoms with van der Waals surface area (Å²) in [4.78, 5) is 37.3. The molecule has 1 N–H and O–H groups in total. The average Bonchev–Trinajstić information content (AvgIpc) is 3.01. The largest absolute Gasteiger partial charge is 0.481 e. The first-order chi connectivity index (χ1) is 9.33. The molecule has 0 aromatic carbocycles. The lowest BCUT2D eigenvalue weighted by Crippen LogP contribution is -2.49. The third-order valence-corrected chi connectivity index (χ3v) is 5.03. The number of hydrogen-bond acceptors (Lipinski definition) is 3. The zero-order chi connectivity index (χ0) is 14.7. The average molecular weight is 277 g/mol. The summed E-state index contributed by atoms with van der Waals surface area (Å²) in [6.07, 6.45) is 5.29. The minimum Gasteiger partial charge on any atom is -0.481 e. The lowest BCUT2D eigenvalue weighted by atomic mass is 9.85. The zero-order valence-corrected chi connectivity index (χ0v) is 11.7. The van der Waals surface area contributed by atoms with Gasteiger partial charge in [-0.2, -0.15) is 0 Å². The number of carboxylic acid groups (broad SMARTS) is 1. The van der Waals surface area contributed by atoms with Gasteiger partial charge in [-0.05, 0) is 38.5 Å². The summed E-state index contributed by atoms with van der Waals surface area (Å²) in [6, 6.07) is 0. The van der Waals surface area contributed by atoms with Crippen LogP contribution in [0.5, 0.6) is 0 Å². The Morgan fingerprint density at radius 1 is 1.25 bits per heavy atom. The van der Waals surface area contributed by atoms with Crippen LogP contribution in [0.25, 0.3) is 0 Å². The van der Waals surface area contributed by atoms with Gasteiger partial charge >= 0.3 is 5.97 Å². The van der Waals surface area contributed by atoms with Crippen LogP contribution < -0.4 is 0 Å². The molecular formula is C15H19NO4. The van der Waals surface area contributed by atoms with Crippen molar-refractivity contribution in [1.29, 1.82) is 0 Å². The molecule has 1 aliphatic heterocycles. The summed E-state index contributed by atoms with van der Waals surface area (Å²) >= 11 is 0. The van der Waals surface area contributed by atoms with Gasteiger partial charge in [0.05, 0.1) is 11.8 Å². The predicted molar refractivity (Wildman–Crippen MR) is 70.5 cm³/mol. The lowest BCUT2D eigenvalue weighted by molar-refractivity contribution is -0.149. The molecule has 0 aromatic heterocycles. The molecule has 0 aromatic rings. The molecule has 1 heterocycles. The van der Waals surface area contributed by atoms with Gasteiger partial charge in [-0.15, -0.1) is 0 Å². The topological polar surface area (TPSA) is 74.7 Å². The second-order valence-electron chi connectivity index (χ2n) is 6.72. The Kier molecular flexibility index (Phi) is 2.78. The Morgan fingerprint density at radius 2 is 1.75 bits per heavy atom. The molecule has 5 nitrogen and oxygen atoms in total. The van der Waals surface area contributed by atoms with Crippen LogP contribution in [0.3, 0.4) is 0 Å². The molecule has 2 aliphatic carbocycles. The Bertz CT molecular complexity index is 492. The number of carbonyl (C=O) groups is 3. The van der Waals surface area contributed by atoms with Crippen molar-refractivity contribution in [1.82, 2.24) is 4.90 Å². The molecule has 4 unspecified atom stereocenters. The molecule has 2 bridgehead atoms. The van der Waals surface area contributed by atoms with Crippen molar-refractivity contribution in [2.45, 2.75) is 38.6 Å². The molecule has 20 heavy (non-hydrogen) atoms. The molecule has 2 amide bonds. The van der Waals surface area contributed by atoms with Gasteiger partial charge in [-0.25, -0.2) is 0 Å². The maximum absolute atomic E-state index is 12.6. The number of amides is 2. The quantitative estimate of drug-likeness (QED) is 0.623. The molecule has 0 radical (unpaired) electrons. The number of hydrogen-bond donors (Lipinski definition) is 1. The minimum atomic E-state index is -0.904. The van der Waals surface area contributed by atoms with E-state index < -0.39 is 11.5 Å². The third-order valence-electron chi connectivity index (χ3n) is 5.03. The summed E-state index contributed by atoms with van der Waals surface area (Å²) in [6.45, 7) is 3.56. The van der Waals surface area contributed by atoms with E-state index in [2.05, 4.69) is 12.2 Å². The zero-order valence-electron chi connectivity index (χ0n) is 11.7. The molecule has 1 saturated carbocycles. The van der Waals surface area contributed by atoms with Crippen LogP contribution in [0.1, 0.15) is 33.1 Å². The van der Waals surface area contributed by atoms with Gasteiger partial charge in [0.1, 0.15) is 0 Å². The number of nitrogens with zero attached hydrogens (tertiary/aromatic N) is 1. The second-order valence-corrected chi connectivity index (χ2v) is 6.72. The van der Waals surface area contributed by atoms with Crippen molar-refractivity contribution < 1.29 is 19.5 Å². The summed E-state index contributed by atoms with van der Waals surface area (Å²) in [7, 11) is 0. The highest BCUT2D eigenvalue weighted by molar-refractivity contribution is 6.07. The fraction of sp³-hybridized carbons (Fsp3) is 0.667. The van der Waals surface area contributed by atoms with Crippen LogP contribution in [-0.2, 0) is 14.4 Å². The van der Waals surface area contributed by atoms with E-state index in [0.29, 0.717) is 6.42 Å². The highest BCUT2D eigenvalue weighted by Gasteiger charge is 2.61. The summed E-state index contributed by atoms with van der Waals surface area (Å²) in [5.41, 5.74) is -0.726. The van der Waals surface area contributed by atoms with Crippen molar-refractivity contribution in [3.63, 3.8) is 0 Å². The molecule has 2 fully saturated rings. The Labute approximate surface area is 117 Å². The number of imide groups is 1. The summed E-state index contributed by atoms with van der Waals surface area (Å²) in [5, 5.41) is 8.81. The first-order valence-corrected chi connectivity index (χ1v) is 7.11. The van der Waals surface area contributed by atoms with Crippen molar-refractivity contribution >= 4 is 17.8 Å². The molecule has 4 atom stereocenters. The van der Waals surface area contributed by atoms with Gasteiger partial charge in [0.15, 0.2) is 0 Å². The number of likely N-dealkylation sites (tertiary alicyclic amines) is 1. The molecular weight excluding hydrogens is 258 g/mol. The Balaban J connectivity index is 1.84. The molecule has 1 saturated heterocycles. The van der Waals surface area contributed by atoms with E-state index in [4.69, 9.17) is 5.11 Å². The monoisotopic (exact) mass is 277 g/mol. The first kappa shape index (κ1) is 13.3. The number of aliphatic carboxylic acids is 1. The summed E-state index contributed by atoms with van der Waals surface area (Å²) in [5.74, 6) is -1.13. The molecule has 3 aliphatic rings. The number of rotatable bonds is 4. The molecule has 5 heteroatoms. The smallest absolute Gasteiger partial charge is 0.303 e. The fourth-order valence-corrected chi connectivity index (χ4v) is 4.02. The van der Waals surface area contributed by atoms with Crippen LogP contribution >= 0.6 is 0 Å². The third kappa shape index (κ3) is 1.72. The highest BCUT2D eigenvalue weighted by atomic mass is 16.4. The Hall–Kier alpha value is -1.65. The van der Waals surface area contributed by atoms with Gasteiger partial charge in [0.25, 0.3) is 0 Å². The second kappa shape index (κ2) is 4.17. The molecule has 108 valence electrons. The van der Waals surface area contributed by atoms with Gasteiger partial charge in [0.2, 0.25) is 11.8 Å². The maximum atomic E-state index is 12.6. The standard InChI is InChI=1S/C15H19NO4/c1-15(2,6-5-10(17)18)16-13(19)11-8-3-4-9(7-8)12(11)14(16)20/h3-4,8-9,11-12H,5-7H2,1-2H3,(H,17,18). The lowest BCUT2D eigenvalue weighted by Gasteiger charge is -2.34. The van der Waals surface area contributed by atoms with Crippen molar-refractivity contribution in [3.05, 3.63) is 12.2 Å². The highest BCUT2D eigenvalue weighted by Crippen LogP contribution is 2.53. The molecule has 0 spiro atoms. The van der Waals surface area contributed by atoms with Crippen molar-refractivity contribution in [2.24, 2.45) is 23.7 Å². The predicted octanol–water partition coefficient (Wildman–Crippen LogP) is 1.44. The van der Waals surface area contributed by atoms with E-state index in [1.807, 2.05) is 0 Å². The van der Waals surface area contributed by atoms with Gasteiger partial charge in [-0.3, -0.25) is 19.3 Å². The van der Waals surface area contributed by atoms with Crippen LogP contribution in [0.2, 0.25) is 0 Å². The number of carbonyl (C=O) groups excluding carboxylic acids is 2. The van der Waals surface area contributed by atoms with Gasteiger partial charge in [-0.1, -0.05) is 12.2 Å². The van der Waals surface area contributed by atoms with E-state index in [1.54, 1.807) is 13.8 Å². The fourth-order valence-electron chi connectivity index (χ4n) is 4.02. The normalized spacial score (nSPS) is 35.0. The minimum absolute atomic E-state index is 0.0372. The van der Waals surface area contributed by atoms with Crippen LogP contribution in [0.4, 0.5) is 0 Å². The SMILES string of the molecule is CC(C)(CCC(=O)O)N1C(=O)C2C3C=CC(C3)C2C1=O. The van der Waals surface area contributed by atoms with Crippen LogP contribution in [0, 0.1) is 23.7 Å². The van der Waals surface area contributed by atoms with Crippen molar-refractivity contribution in [3.8, 4) is 0 Å². The number of fused-ring (bicyclic) bond motifs is 5. The van der Waals surface area contributed by atoms with E-state index in [9.17, 15) is 14.4 Å². The first-order valence-electron chi connectivity index (χ1n) is 7.11. The maximum Gasteiger partial charge on any atom is 0.303 e. The van der Waals surface area contributed by atoms with Crippen LogP contribution in [-0.4, -0.2) is 33.3 Å². The number of allylic oxidation sites excluding steroid dienone is 2. The van der Waals surface area contributed by atoms with Gasteiger partial charge < -0.3 is 5.11 Å². The van der Waals surface area contributed by atoms with E-state index in [0.717, 1.165) is 6.42 Å². The van der Waals surface area contributed by atoms with Gasteiger partial charge in [0, 0.05) is 12.0 Å².